The molecule has 116 valence electrons. The molecule has 0 bridgehead atoms. The van der Waals surface area contributed by atoms with Crippen molar-refractivity contribution in [2.45, 2.75) is 25.6 Å². The van der Waals surface area contributed by atoms with Gasteiger partial charge in [0.05, 0.1) is 0 Å². The van der Waals surface area contributed by atoms with Gasteiger partial charge in [-0.3, -0.25) is 4.79 Å². The Balaban J connectivity index is 2.18. The van der Waals surface area contributed by atoms with Gasteiger partial charge in [-0.1, -0.05) is 42.5 Å². The van der Waals surface area contributed by atoms with Gasteiger partial charge in [-0.05, 0) is 30.2 Å². The molecule has 0 aliphatic carbocycles. The Morgan fingerprint density at radius 2 is 1.64 bits per heavy atom. The minimum atomic E-state index is -4.51. The smallest absolute Gasteiger partial charge is 0.340 e. The third-order valence-corrected chi connectivity index (χ3v) is 3.42. The molecule has 5 heteroatoms. The second-order valence-electron chi connectivity index (χ2n) is 5.06. The highest BCUT2D eigenvalue weighted by molar-refractivity contribution is 5.94. The summed E-state index contributed by atoms with van der Waals surface area (Å²) in [6.45, 7) is 1.75. The van der Waals surface area contributed by atoms with Crippen LogP contribution in [-0.2, 0) is 6.42 Å². The number of alkyl halides is 3. The molecule has 1 amide bonds. The monoisotopic (exact) mass is 307 g/mol. The lowest BCUT2D eigenvalue weighted by Gasteiger charge is -2.22. The maximum Gasteiger partial charge on any atom is 0.408 e. The van der Waals surface area contributed by atoms with Crippen molar-refractivity contribution in [3.05, 3.63) is 71.3 Å². The SMILES string of the molecule is Cc1ccccc1C[C@H](NC(=O)c1ccccc1)C(F)(F)F. The molecule has 0 aromatic heterocycles. The molecule has 1 atom stereocenters. The fourth-order valence-corrected chi connectivity index (χ4v) is 2.14. The van der Waals surface area contributed by atoms with Gasteiger partial charge in [0.15, 0.2) is 0 Å². The van der Waals surface area contributed by atoms with Crippen LogP contribution in [0.4, 0.5) is 13.2 Å². The van der Waals surface area contributed by atoms with Crippen molar-refractivity contribution < 1.29 is 18.0 Å². The summed E-state index contributed by atoms with van der Waals surface area (Å²) in [6.07, 6.45) is -4.79. The number of rotatable bonds is 4. The quantitative estimate of drug-likeness (QED) is 0.912. The molecule has 0 spiro atoms. The summed E-state index contributed by atoms with van der Waals surface area (Å²) in [7, 11) is 0. The average molecular weight is 307 g/mol. The fourth-order valence-electron chi connectivity index (χ4n) is 2.14. The molecular formula is C17H16F3NO. The molecule has 0 saturated carbocycles. The predicted molar refractivity (Wildman–Crippen MR) is 78.6 cm³/mol. The second kappa shape index (κ2) is 6.64. The van der Waals surface area contributed by atoms with Crippen LogP contribution in [0.2, 0.25) is 0 Å². The Morgan fingerprint density at radius 1 is 1.05 bits per heavy atom. The van der Waals surface area contributed by atoms with Crippen molar-refractivity contribution in [3.8, 4) is 0 Å². The fraction of sp³-hybridized carbons (Fsp3) is 0.235. The van der Waals surface area contributed by atoms with Crippen molar-refractivity contribution in [2.75, 3.05) is 0 Å². The standard InChI is InChI=1S/C17H16F3NO/c1-12-7-5-6-10-14(12)11-15(17(18,19)20)21-16(22)13-8-3-2-4-9-13/h2-10,15H,11H2,1H3,(H,21,22)/t15-/m0/s1. The number of hydrogen-bond donors (Lipinski definition) is 1. The molecule has 1 N–H and O–H groups in total. The average Bonchev–Trinajstić information content (AvgIpc) is 2.48. The van der Waals surface area contributed by atoms with Crippen LogP contribution in [-0.4, -0.2) is 18.1 Å². The summed E-state index contributed by atoms with van der Waals surface area (Å²) >= 11 is 0. The number of nitrogens with one attached hydrogen (secondary N) is 1. The second-order valence-corrected chi connectivity index (χ2v) is 5.06. The Morgan fingerprint density at radius 3 is 2.23 bits per heavy atom. The van der Waals surface area contributed by atoms with Crippen molar-refractivity contribution >= 4 is 5.91 Å². The molecule has 0 fully saturated rings. The first kappa shape index (κ1) is 16.1. The Hall–Kier alpha value is -2.30. The first-order valence-corrected chi connectivity index (χ1v) is 6.85. The van der Waals surface area contributed by atoms with E-state index in [1.54, 1.807) is 49.4 Å². The minimum absolute atomic E-state index is 0.210. The van der Waals surface area contributed by atoms with E-state index < -0.39 is 18.1 Å². The van der Waals surface area contributed by atoms with Gasteiger partial charge in [0, 0.05) is 12.0 Å². The first-order chi connectivity index (χ1) is 10.4. The zero-order valence-corrected chi connectivity index (χ0v) is 12.0. The van der Waals surface area contributed by atoms with Crippen LogP contribution in [0.5, 0.6) is 0 Å². The molecule has 0 heterocycles. The van der Waals surface area contributed by atoms with Crippen molar-refractivity contribution in [1.29, 1.82) is 0 Å². The summed E-state index contributed by atoms with van der Waals surface area (Å²) in [4.78, 5) is 12.0. The van der Waals surface area contributed by atoms with Gasteiger partial charge < -0.3 is 5.32 Å². The van der Waals surface area contributed by atoms with Crippen LogP contribution in [0.25, 0.3) is 0 Å². The number of hydrogen-bond acceptors (Lipinski definition) is 1. The molecule has 2 aromatic rings. The maximum atomic E-state index is 13.2. The summed E-state index contributed by atoms with van der Waals surface area (Å²) in [5.41, 5.74) is 1.55. The van der Waals surface area contributed by atoms with E-state index in [1.807, 2.05) is 0 Å². The van der Waals surface area contributed by atoms with E-state index in [9.17, 15) is 18.0 Å². The van der Waals surface area contributed by atoms with E-state index in [0.29, 0.717) is 5.56 Å². The lowest BCUT2D eigenvalue weighted by molar-refractivity contribution is -0.153. The zero-order chi connectivity index (χ0) is 16.2. The third-order valence-electron chi connectivity index (χ3n) is 3.42. The molecule has 0 unspecified atom stereocenters. The number of halogens is 3. The van der Waals surface area contributed by atoms with E-state index in [0.717, 1.165) is 5.56 Å². The van der Waals surface area contributed by atoms with Crippen LogP contribution in [0.3, 0.4) is 0 Å². The number of benzene rings is 2. The molecule has 2 nitrogen and oxygen atoms in total. The highest BCUT2D eigenvalue weighted by Gasteiger charge is 2.40. The Labute approximate surface area is 127 Å². The van der Waals surface area contributed by atoms with Crippen molar-refractivity contribution in [1.82, 2.24) is 5.32 Å². The maximum absolute atomic E-state index is 13.2. The highest BCUT2D eigenvalue weighted by atomic mass is 19.4. The molecule has 0 aliphatic heterocycles. The van der Waals surface area contributed by atoms with Gasteiger partial charge in [0.2, 0.25) is 0 Å². The summed E-state index contributed by atoms with van der Waals surface area (Å²) in [6, 6.07) is 12.8. The Kier molecular flexibility index (Phi) is 4.85. The Bertz CT molecular complexity index is 638. The zero-order valence-electron chi connectivity index (χ0n) is 12.0. The summed E-state index contributed by atoms with van der Waals surface area (Å²) in [5.74, 6) is -0.725. The molecule has 2 aromatic carbocycles. The molecule has 0 saturated heterocycles. The van der Waals surface area contributed by atoms with E-state index >= 15 is 0 Å². The van der Waals surface area contributed by atoms with Crippen LogP contribution in [0.1, 0.15) is 21.5 Å². The van der Waals surface area contributed by atoms with Gasteiger partial charge in [0.1, 0.15) is 6.04 Å². The molecule has 0 radical (unpaired) electrons. The van der Waals surface area contributed by atoms with Crippen LogP contribution >= 0.6 is 0 Å². The van der Waals surface area contributed by atoms with Crippen LogP contribution in [0.15, 0.2) is 54.6 Å². The normalized spacial score (nSPS) is 12.7. The summed E-state index contributed by atoms with van der Waals surface area (Å²) < 4.78 is 39.6. The van der Waals surface area contributed by atoms with Crippen LogP contribution in [0, 0.1) is 6.92 Å². The van der Waals surface area contributed by atoms with Gasteiger partial charge in [-0.15, -0.1) is 0 Å². The van der Waals surface area contributed by atoms with Crippen molar-refractivity contribution in [2.24, 2.45) is 0 Å². The summed E-state index contributed by atoms with van der Waals surface area (Å²) in [5, 5.41) is 2.09. The lowest BCUT2D eigenvalue weighted by atomic mass is 10.0. The largest absolute Gasteiger partial charge is 0.408 e. The number of carbonyl (C=O) groups is 1. The van der Waals surface area contributed by atoms with E-state index in [4.69, 9.17) is 0 Å². The molecular weight excluding hydrogens is 291 g/mol. The van der Waals surface area contributed by atoms with Gasteiger partial charge in [-0.2, -0.15) is 13.2 Å². The van der Waals surface area contributed by atoms with Gasteiger partial charge >= 0.3 is 6.18 Å². The van der Waals surface area contributed by atoms with Crippen molar-refractivity contribution in [3.63, 3.8) is 0 Å². The van der Waals surface area contributed by atoms with E-state index in [1.165, 1.54) is 12.1 Å². The number of aryl methyl sites for hydroxylation is 1. The molecule has 2 rings (SSSR count). The first-order valence-electron chi connectivity index (χ1n) is 6.85. The topological polar surface area (TPSA) is 29.1 Å². The number of amides is 1. The molecule has 0 aliphatic rings. The lowest BCUT2D eigenvalue weighted by Crippen LogP contribution is -2.46. The van der Waals surface area contributed by atoms with Gasteiger partial charge in [-0.25, -0.2) is 0 Å². The van der Waals surface area contributed by atoms with Crippen LogP contribution < -0.4 is 5.32 Å². The van der Waals surface area contributed by atoms with Gasteiger partial charge in [0.25, 0.3) is 5.91 Å². The molecule has 22 heavy (non-hydrogen) atoms. The minimum Gasteiger partial charge on any atom is -0.340 e. The van der Waals surface area contributed by atoms with E-state index in [-0.39, 0.29) is 12.0 Å². The number of carbonyl (C=O) groups excluding carboxylic acids is 1. The highest BCUT2D eigenvalue weighted by Crippen LogP contribution is 2.24. The predicted octanol–water partition coefficient (Wildman–Crippen LogP) is 3.90. The van der Waals surface area contributed by atoms with E-state index in [2.05, 4.69) is 5.32 Å². The third kappa shape index (κ3) is 4.10.